The van der Waals surface area contributed by atoms with Crippen molar-refractivity contribution in [2.24, 2.45) is 0 Å². The van der Waals surface area contributed by atoms with E-state index in [9.17, 15) is 4.79 Å². The van der Waals surface area contributed by atoms with Crippen LogP contribution < -0.4 is 0 Å². The van der Waals surface area contributed by atoms with E-state index in [0.717, 1.165) is 26.7 Å². The maximum absolute atomic E-state index is 12.8. The molecule has 3 heteroatoms. The predicted octanol–water partition coefficient (Wildman–Crippen LogP) is 4.13. The molecule has 2 aromatic carbocycles. The molecule has 2 nitrogen and oxygen atoms in total. The third-order valence-corrected chi connectivity index (χ3v) is 6.14. The number of carbonyl (C=O) groups is 1. The first-order chi connectivity index (χ1) is 11.1. The molecule has 0 bridgehead atoms. The molecule has 1 aromatic heterocycles. The number of hydrogen-bond acceptors (Lipinski definition) is 2. The number of nitriles is 1. The molecule has 0 N–H and O–H groups in total. The zero-order valence-electron chi connectivity index (χ0n) is 13.0. The minimum absolute atomic E-state index is 0.00142. The number of carbonyl (C=O) groups excluding carboxylic acids is 1. The number of aryl methyl sites for hydroxylation is 2. The molecule has 0 fully saturated rings. The molecule has 23 heavy (non-hydrogen) atoms. The molecular formula is C20H15NOSe. The normalized spacial score (nSPS) is 10.3. The number of nitrogens with zero attached hydrogens (tertiary/aromatic N) is 1. The van der Waals surface area contributed by atoms with E-state index in [0.29, 0.717) is 5.56 Å². The Labute approximate surface area is 141 Å². The van der Waals surface area contributed by atoms with Crippen molar-refractivity contribution in [3.8, 4) is 16.1 Å². The van der Waals surface area contributed by atoms with E-state index in [1.807, 2.05) is 68.4 Å². The van der Waals surface area contributed by atoms with Gasteiger partial charge in [-0.25, -0.2) is 0 Å². The van der Waals surface area contributed by atoms with Crippen molar-refractivity contribution in [3.63, 3.8) is 0 Å². The monoisotopic (exact) mass is 365 g/mol. The summed E-state index contributed by atoms with van der Waals surface area (Å²) in [5, 5.41) is 8.87. The quantitative estimate of drug-likeness (QED) is 0.518. The molecular weight excluding hydrogens is 349 g/mol. The fourth-order valence-corrected chi connectivity index (χ4v) is 4.46. The van der Waals surface area contributed by atoms with Gasteiger partial charge in [-0.15, -0.1) is 0 Å². The summed E-state index contributed by atoms with van der Waals surface area (Å²) in [6.45, 7) is 3.98. The van der Waals surface area contributed by atoms with Crippen LogP contribution in [-0.2, 0) is 0 Å². The third-order valence-electron chi connectivity index (χ3n) is 3.77. The van der Waals surface area contributed by atoms with Crippen LogP contribution >= 0.6 is 0 Å². The van der Waals surface area contributed by atoms with Gasteiger partial charge in [-0.05, 0) is 0 Å². The summed E-state index contributed by atoms with van der Waals surface area (Å²) < 4.78 is 2.06. The Morgan fingerprint density at radius 1 is 1.00 bits per heavy atom. The Morgan fingerprint density at radius 3 is 2.43 bits per heavy atom. The third kappa shape index (κ3) is 3.19. The molecule has 0 atom stereocenters. The summed E-state index contributed by atoms with van der Waals surface area (Å²) in [7, 11) is 0. The van der Waals surface area contributed by atoms with Crippen LogP contribution in [0.5, 0.6) is 0 Å². The summed E-state index contributed by atoms with van der Waals surface area (Å²) in [6, 6.07) is 19.6. The molecule has 0 radical (unpaired) electrons. The van der Waals surface area contributed by atoms with E-state index in [4.69, 9.17) is 5.26 Å². The van der Waals surface area contributed by atoms with Gasteiger partial charge in [-0.3, -0.25) is 0 Å². The fourth-order valence-electron chi connectivity index (χ4n) is 2.44. The van der Waals surface area contributed by atoms with Crippen molar-refractivity contribution in [2.45, 2.75) is 13.8 Å². The summed E-state index contributed by atoms with van der Waals surface area (Å²) in [5.41, 5.74) is 4.66. The molecule has 0 saturated carbocycles. The Balaban J connectivity index is 1.93. The van der Waals surface area contributed by atoms with E-state index in [-0.39, 0.29) is 20.3 Å². The molecule has 0 amide bonds. The zero-order valence-corrected chi connectivity index (χ0v) is 14.7. The summed E-state index contributed by atoms with van der Waals surface area (Å²) in [6.07, 6.45) is 0. The Kier molecular flexibility index (Phi) is 4.30. The molecule has 0 aliphatic carbocycles. The van der Waals surface area contributed by atoms with Gasteiger partial charge in [0.1, 0.15) is 0 Å². The second-order valence-electron chi connectivity index (χ2n) is 5.50. The van der Waals surface area contributed by atoms with E-state index < -0.39 is 0 Å². The fraction of sp³-hybridized carbons (Fsp3) is 0.100. The van der Waals surface area contributed by atoms with E-state index in [1.165, 1.54) is 4.44 Å². The van der Waals surface area contributed by atoms with E-state index in [2.05, 4.69) is 6.07 Å². The molecule has 0 aliphatic heterocycles. The maximum atomic E-state index is 12.8. The van der Waals surface area contributed by atoms with Crippen LogP contribution in [0.15, 0.2) is 54.6 Å². The van der Waals surface area contributed by atoms with E-state index >= 15 is 0 Å². The first-order valence-corrected chi connectivity index (χ1v) is 9.02. The first-order valence-electron chi connectivity index (χ1n) is 7.31. The predicted molar refractivity (Wildman–Crippen MR) is 92.9 cm³/mol. The van der Waals surface area contributed by atoms with Crippen molar-refractivity contribution in [2.75, 3.05) is 0 Å². The van der Waals surface area contributed by atoms with Gasteiger partial charge in [0.05, 0.1) is 0 Å². The van der Waals surface area contributed by atoms with Crippen molar-refractivity contribution >= 4 is 20.3 Å². The van der Waals surface area contributed by atoms with Gasteiger partial charge in [0.25, 0.3) is 0 Å². The molecule has 0 unspecified atom stereocenters. The van der Waals surface area contributed by atoms with Gasteiger partial charge in [0, 0.05) is 0 Å². The SMILES string of the molecule is Cc1ccc(C)c(C(=O)c2ccc(-c3ccc(C#N)cc3)[se]2)c1. The Hall–Kier alpha value is -2.40. The van der Waals surface area contributed by atoms with Crippen LogP contribution in [0.3, 0.4) is 0 Å². The number of ketones is 1. The standard InChI is InChI=1S/C20H15NOSe/c1-13-3-4-14(2)17(11-13)20(22)19-10-9-18(23-19)16-7-5-15(12-21)6-8-16/h3-11H,1-2H3. The van der Waals surface area contributed by atoms with Crippen LogP contribution in [0, 0.1) is 25.2 Å². The van der Waals surface area contributed by atoms with Crippen LogP contribution in [0.1, 0.15) is 31.5 Å². The molecule has 3 aromatic rings. The van der Waals surface area contributed by atoms with Gasteiger partial charge in [0.2, 0.25) is 0 Å². The molecule has 0 aliphatic rings. The second-order valence-corrected chi connectivity index (χ2v) is 7.77. The summed E-state index contributed by atoms with van der Waals surface area (Å²) >= 11 is 0.00142. The van der Waals surface area contributed by atoms with Crippen LogP contribution in [0.4, 0.5) is 0 Å². The zero-order chi connectivity index (χ0) is 16.4. The van der Waals surface area contributed by atoms with Gasteiger partial charge in [-0.1, -0.05) is 0 Å². The minimum atomic E-state index is 0.00142. The van der Waals surface area contributed by atoms with Gasteiger partial charge in [0.15, 0.2) is 0 Å². The molecule has 0 spiro atoms. The molecule has 0 saturated heterocycles. The van der Waals surface area contributed by atoms with Crippen molar-refractivity contribution < 1.29 is 4.79 Å². The van der Waals surface area contributed by atoms with Crippen molar-refractivity contribution in [1.29, 1.82) is 5.26 Å². The molecule has 3 rings (SSSR count). The van der Waals surface area contributed by atoms with Crippen LogP contribution in [-0.4, -0.2) is 20.3 Å². The van der Waals surface area contributed by atoms with Crippen molar-refractivity contribution in [1.82, 2.24) is 0 Å². The van der Waals surface area contributed by atoms with Crippen LogP contribution in [0.25, 0.3) is 10.0 Å². The second kappa shape index (κ2) is 6.38. The Morgan fingerprint density at radius 2 is 1.74 bits per heavy atom. The summed E-state index contributed by atoms with van der Waals surface area (Å²) in [5.74, 6) is 0.131. The first kappa shape index (κ1) is 15.5. The van der Waals surface area contributed by atoms with Gasteiger partial charge in [-0.2, -0.15) is 0 Å². The number of benzene rings is 2. The number of hydrogen-bond donors (Lipinski definition) is 0. The average Bonchev–Trinajstić information content (AvgIpc) is 3.06. The van der Waals surface area contributed by atoms with E-state index in [1.54, 1.807) is 0 Å². The molecule has 1 heterocycles. The van der Waals surface area contributed by atoms with Gasteiger partial charge >= 0.3 is 142 Å². The van der Waals surface area contributed by atoms with Crippen LogP contribution in [0.2, 0.25) is 0 Å². The molecule has 112 valence electrons. The topological polar surface area (TPSA) is 40.9 Å². The average molecular weight is 364 g/mol. The van der Waals surface area contributed by atoms with Gasteiger partial charge < -0.3 is 0 Å². The number of rotatable bonds is 3. The summed E-state index contributed by atoms with van der Waals surface area (Å²) in [4.78, 5) is 12.8. The van der Waals surface area contributed by atoms with Crippen molar-refractivity contribution in [3.05, 3.63) is 81.3 Å². The Bertz CT molecular complexity index is 914.